The first kappa shape index (κ1) is 28.2. The number of amides is 1. The zero-order chi connectivity index (χ0) is 29.6. The standard InChI is InChI=1S/C32H43N7O4/c1-31(2,3)43-30(40)35-27-22-11-5-6-12-23(22)42-32(27)14-18-37(19-15-32)24-21-33-26-28(34-24)39(25-13-7-10-20-41-25)36-29(26)38-16-8-4-9-17-38/h5-6,11-12,21,25,27H,4,7-10,13-20H2,1-3H3,(H,35,40)/t25?,27-/m1/s1. The molecule has 0 aliphatic carbocycles. The van der Waals surface area contributed by atoms with E-state index in [1.54, 1.807) is 0 Å². The Kier molecular flexibility index (Phi) is 7.31. The van der Waals surface area contributed by atoms with Crippen LogP contribution in [0.15, 0.2) is 30.5 Å². The van der Waals surface area contributed by atoms with Crippen LogP contribution in [0, 0.1) is 0 Å². The van der Waals surface area contributed by atoms with Crippen LogP contribution in [0.25, 0.3) is 11.2 Å². The maximum Gasteiger partial charge on any atom is 0.408 e. The Hall–Kier alpha value is -3.60. The first-order valence-electron chi connectivity index (χ1n) is 15.9. The van der Waals surface area contributed by atoms with Gasteiger partial charge in [-0.3, -0.25) is 0 Å². The third-order valence-corrected chi connectivity index (χ3v) is 9.12. The van der Waals surface area contributed by atoms with Gasteiger partial charge >= 0.3 is 6.09 Å². The van der Waals surface area contributed by atoms with Gasteiger partial charge in [-0.2, -0.15) is 0 Å². The Balaban J connectivity index is 1.15. The molecule has 4 aliphatic rings. The van der Waals surface area contributed by atoms with Crippen LogP contribution in [0.1, 0.15) is 90.0 Å². The van der Waals surface area contributed by atoms with Crippen LogP contribution in [0.5, 0.6) is 5.75 Å². The number of ether oxygens (including phenoxy) is 3. The number of rotatable bonds is 4. The molecule has 3 aromatic rings. The highest BCUT2D eigenvalue weighted by molar-refractivity contribution is 5.85. The fourth-order valence-corrected chi connectivity index (χ4v) is 6.99. The normalized spacial score (nSPS) is 23.7. The number of nitrogens with one attached hydrogen (secondary N) is 1. The van der Waals surface area contributed by atoms with Crippen LogP contribution >= 0.6 is 0 Å². The highest BCUT2D eigenvalue weighted by Gasteiger charge is 2.51. The van der Waals surface area contributed by atoms with E-state index in [-0.39, 0.29) is 12.3 Å². The molecule has 1 spiro atoms. The van der Waals surface area contributed by atoms with Crippen molar-refractivity contribution in [1.82, 2.24) is 25.1 Å². The minimum absolute atomic E-state index is 0.117. The predicted octanol–water partition coefficient (Wildman–Crippen LogP) is 5.51. The molecule has 1 N–H and O–H groups in total. The number of alkyl carbamates (subject to hydrolysis) is 1. The molecule has 11 nitrogen and oxygen atoms in total. The molecule has 0 radical (unpaired) electrons. The molecule has 1 amide bonds. The Morgan fingerprint density at radius 3 is 2.56 bits per heavy atom. The summed E-state index contributed by atoms with van der Waals surface area (Å²) in [4.78, 5) is 27.7. The topological polar surface area (TPSA) is 107 Å². The predicted molar refractivity (Wildman–Crippen MR) is 164 cm³/mol. The lowest BCUT2D eigenvalue weighted by molar-refractivity contribution is -0.0369. The van der Waals surface area contributed by atoms with Crippen LogP contribution in [0.4, 0.5) is 16.4 Å². The van der Waals surface area contributed by atoms with Gasteiger partial charge in [0.05, 0.1) is 6.20 Å². The minimum Gasteiger partial charge on any atom is -0.484 e. The summed E-state index contributed by atoms with van der Waals surface area (Å²) in [5.74, 6) is 2.57. The first-order valence-corrected chi connectivity index (χ1v) is 15.9. The summed E-state index contributed by atoms with van der Waals surface area (Å²) in [6.45, 7) is 9.79. The van der Waals surface area contributed by atoms with Gasteiger partial charge in [-0.15, -0.1) is 5.10 Å². The maximum atomic E-state index is 12.9. The van der Waals surface area contributed by atoms with Crippen molar-refractivity contribution in [3.8, 4) is 5.75 Å². The third kappa shape index (κ3) is 5.47. The first-order chi connectivity index (χ1) is 20.8. The molecule has 2 aromatic heterocycles. The van der Waals surface area contributed by atoms with Gasteiger partial charge in [0.15, 0.2) is 23.2 Å². The van der Waals surface area contributed by atoms with Crippen LogP contribution in [0.2, 0.25) is 0 Å². The van der Waals surface area contributed by atoms with E-state index < -0.39 is 17.3 Å². The van der Waals surface area contributed by atoms with Crippen LogP contribution in [-0.2, 0) is 9.47 Å². The van der Waals surface area contributed by atoms with Gasteiger partial charge in [0.1, 0.15) is 28.8 Å². The highest BCUT2D eigenvalue weighted by Crippen LogP contribution is 2.48. The Bertz CT molecular complexity index is 1460. The van der Waals surface area contributed by atoms with Gasteiger partial charge < -0.3 is 29.3 Å². The number of piperidine rings is 2. The molecule has 1 aromatic carbocycles. The second-order valence-corrected chi connectivity index (χ2v) is 13.3. The smallest absolute Gasteiger partial charge is 0.408 e. The molecule has 230 valence electrons. The van der Waals surface area contributed by atoms with Gasteiger partial charge in [-0.25, -0.2) is 19.4 Å². The van der Waals surface area contributed by atoms with Crippen molar-refractivity contribution in [3.63, 3.8) is 0 Å². The molecule has 2 atom stereocenters. The van der Waals surface area contributed by atoms with Crippen molar-refractivity contribution < 1.29 is 19.0 Å². The fraction of sp³-hybridized carbons (Fsp3) is 0.625. The van der Waals surface area contributed by atoms with Gasteiger partial charge in [0, 0.05) is 51.2 Å². The number of carbonyl (C=O) groups excluding carboxylic acids is 1. The molecule has 0 bridgehead atoms. The summed E-state index contributed by atoms with van der Waals surface area (Å²) in [6, 6.07) is 7.67. The number of hydrogen-bond acceptors (Lipinski definition) is 9. The molecule has 3 saturated heterocycles. The zero-order valence-electron chi connectivity index (χ0n) is 25.6. The van der Waals surface area contributed by atoms with Gasteiger partial charge in [0.25, 0.3) is 0 Å². The number of para-hydroxylation sites is 1. The lowest BCUT2D eigenvalue weighted by Gasteiger charge is -2.42. The monoisotopic (exact) mass is 589 g/mol. The van der Waals surface area contributed by atoms with E-state index in [0.29, 0.717) is 25.9 Å². The minimum atomic E-state index is -0.583. The van der Waals surface area contributed by atoms with E-state index in [0.717, 1.165) is 73.1 Å². The van der Waals surface area contributed by atoms with Crippen molar-refractivity contribution in [3.05, 3.63) is 36.0 Å². The Labute approximate surface area is 252 Å². The SMILES string of the molecule is CC(C)(C)OC(=O)N[C@@H]1c2ccccc2OC12CCN(c1cnc3c(N4CCCCC4)nn(C4CCCCO4)c3n1)CC2. The number of aromatic nitrogens is 4. The average molecular weight is 590 g/mol. The Morgan fingerprint density at radius 1 is 1.02 bits per heavy atom. The van der Waals surface area contributed by atoms with Gasteiger partial charge in [-0.1, -0.05) is 18.2 Å². The van der Waals surface area contributed by atoms with Crippen LogP contribution in [-0.4, -0.2) is 69.8 Å². The van der Waals surface area contributed by atoms with Crippen LogP contribution in [0.3, 0.4) is 0 Å². The number of hydrogen-bond donors (Lipinski definition) is 1. The van der Waals surface area contributed by atoms with E-state index in [1.807, 2.05) is 55.9 Å². The van der Waals surface area contributed by atoms with Gasteiger partial charge in [0.2, 0.25) is 0 Å². The molecule has 3 fully saturated rings. The van der Waals surface area contributed by atoms with E-state index in [1.165, 1.54) is 19.3 Å². The average Bonchev–Trinajstić information content (AvgIpc) is 3.53. The molecule has 4 aliphatic heterocycles. The summed E-state index contributed by atoms with van der Waals surface area (Å²) in [7, 11) is 0. The number of anilines is 2. The van der Waals surface area contributed by atoms with E-state index >= 15 is 0 Å². The molecule has 11 heteroatoms. The third-order valence-electron chi connectivity index (χ3n) is 9.12. The molecule has 7 rings (SSSR count). The number of fused-ring (bicyclic) bond motifs is 2. The molecule has 1 unspecified atom stereocenters. The number of carbonyl (C=O) groups is 1. The summed E-state index contributed by atoms with van der Waals surface area (Å²) in [5, 5.41) is 8.21. The summed E-state index contributed by atoms with van der Waals surface area (Å²) in [5.41, 5.74) is 1.49. The van der Waals surface area contributed by atoms with Gasteiger partial charge in [-0.05, 0) is 65.4 Å². The molecular weight excluding hydrogens is 546 g/mol. The highest BCUT2D eigenvalue weighted by atomic mass is 16.6. The van der Waals surface area contributed by atoms with Crippen molar-refractivity contribution in [2.45, 2.75) is 95.6 Å². The number of benzene rings is 1. The fourth-order valence-electron chi connectivity index (χ4n) is 6.99. The zero-order valence-corrected chi connectivity index (χ0v) is 25.6. The molecule has 43 heavy (non-hydrogen) atoms. The van der Waals surface area contributed by atoms with Crippen molar-refractivity contribution in [2.24, 2.45) is 0 Å². The van der Waals surface area contributed by atoms with Crippen molar-refractivity contribution in [2.75, 3.05) is 42.6 Å². The quantitative estimate of drug-likeness (QED) is 0.421. The lowest BCUT2D eigenvalue weighted by Crippen LogP contribution is -2.54. The van der Waals surface area contributed by atoms with Crippen molar-refractivity contribution in [1.29, 1.82) is 0 Å². The summed E-state index contributed by atoms with van der Waals surface area (Å²) >= 11 is 0. The van der Waals surface area contributed by atoms with Crippen molar-refractivity contribution >= 4 is 28.9 Å². The molecular formula is C32H43N7O4. The van der Waals surface area contributed by atoms with E-state index in [2.05, 4.69) is 15.1 Å². The molecule has 0 saturated carbocycles. The Morgan fingerprint density at radius 2 is 1.81 bits per heavy atom. The number of nitrogens with zero attached hydrogens (tertiary/aromatic N) is 6. The largest absolute Gasteiger partial charge is 0.484 e. The lowest BCUT2D eigenvalue weighted by atomic mass is 9.82. The second kappa shape index (κ2) is 11.2. The maximum absolute atomic E-state index is 12.9. The van der Waals surface area contributed by atoms with Crippen LogP contribution < -0.4 is 19.9 Å². The van der Waals surface area contributed by atoms with E-state index in [9.17, 15) is 4.79 Å². The summed E-state index contributed by atoms with van der Waals surface area (Å²) < 4.78 is 20.4. The summed E-state index contributed by atoms with van der Waals surface area (Å²) in [6.07, 6.45) is 9.50. The molecule has 6 heterocycles. The second-order valence-electron chi connectivity index (χ2n) is 13.3. The van der Waals surface area contributed by atoms with E-state index in [4.69, 9.17) is 29.3 Å².